The molecule has 6 nitrogen and oxygen atoms in total. The molecule has 0 saturated heterocycles. The van der Waals surface area contributed by atoms with E-state index in [-0.39, 0.29) is 5.69 Å². The third kappa shape index (κ3) is 2.77. The van der Waals surface area contributed by atoms with Gasteiger partial charge in [0.05, 0.1) is 4.92 Å². The van der Waals surface area contributed by atoms with Crippen LogP contribution in [0.2, 0.25) is 0 Å². The first kappa shape index (κ1) is 12.8. The van der Waals surface area contributed by atoms with Crippen molar-refractivity contribution in [1.29, 1.82) is 0 Å². The Morgan fingerprint density at radius 1 is 1.56 bits per heavy atom. The van der Waals surface area contributed by atoms with Crippen molar-refractivity contribution in [3.05, 3.63) is 33.9 Å². The van der Waals surface area contributed by atoms with Gasteiger partial charge in [0.15, 0.2) is 0 Å². The number of hydrogen-bond acceptors (Lipinski definition) is 5. The van der Waals surface area contributed by atoms with E-state index in [1.165, 1.54) is 12.8 Å². The van der Waals surface area contributed by atoms with Gasteiger partial charge in [0.1, 0.15) is 5.69 Å². The number of nitrogens with two attached hydrogens (primary N) is 1. The van der Waals surface area contributed by atoms with Gasteiger partial charge in [-0.15, -0.1) is 0 Å². The molecule has 2 rings (SSSR count). The normalized spacial score (nSPS) is 14.8. The average Bonchev–Trinajstić information content (AvgIpc) is 3.19. The lowest BCUT2D eigenvalue weighted by molar-refractivity contribution is -0.384. The molecule has 0 atom stereocenters. The number of hydrazine groups is 1. The number of benzene rings is 1. The molecule has 1 aliphatic rings. The maximum absolute atomic E-state index is 10.9. The van der Waals surface area contributed by atoms with E-state index < -0.39 is 4.92 Å². The average molecular weight is 250 g/mol. The van der Waals surface area contributed by atoms with Gasteiger partial charge in [-0.1, -0.05) is 13.0 Å². The Labute approximate surface area is 106 Å². The van der Waals surface area contributed by atoms with Crippen LogP contribution in [0.3, 0.4) is 0 Å². The summed E-state index contributed by atoms with van der Waals surface area (Å²) < 4.78 is 0. The van der Waals surface area contributed by atoms with Crippen LogP contribution in [0.4, 0.5) is 11.4 Å². The fourth-order valence-corrected chi connectivity index (χ4v) is 2.12. The lowest BCUT2D eigenvalue weighted by Crippen LogP contribution is -2.25. The topological polar surface area (TPSA) is 84.4 Å². The summed E-state index contributed by atoms with van der Waals surface area (Å²) in [5.74, 6) is 5.26. The van der Waals surface area contributed by atoms with Crippen LogP contribution in [-0.4, -0.2) is 22.4 Å². The molecule has 0 amide bonds. The van der Waals surface area contributed by atoms with Crippen molar-refractivity contribution in [3.8, 4) is 0 Å². The highest BCUT2D eigenvalue weighted by molar-refractivity contribution is 5.61. The first-order chi connectivity index (χ1) is 8.65. The zero-order valence-corrected chi connectivity index (χ0v) is 10.4. The van der Waals surface area contributed by atoms with Gasteiger partial charge in [0.2, 0.25) is 0 Å². The molecule has 0 bridgehead atoms. The van der Waals surface area contributed by atoms with Crippen molar-refractivity contribution >= 4 is 11.4 Å². The molecule has 18 heavy (non-hydrogen) atoms. The molecule has 0 aromatic heterocycles. The number of anilines is 1. The molecule has 98 valence electrons. The Hall–Kier alpha value is -1.66. The van der Waals surface area contributed by atoms with Crippen LogP contribution < -0.4 is 11.3 Å². The van der Waals surface area contributed by atoms with Gasteiger partial charge in [0.25, 0.3) is 5.69 Å². The van der Waals surface area contributed by atoms with Gasteiger partial charge in [-0.3, -0.25) is 20.9 Å². The van der Waals surface area contributed by atoms with Gasteiger partial charge in [0, 0.05) is 18.7 Å². The highest BCUT2D eigenvalue weighted by Gasteiger charge is 2.28. The molecule has 0 aliphatic heterocycles. The minimum atomic E-state index is -0.411. The Balaban J connectivity index is 2.17. The molecule has 1 saturated carbocycles. The molecule has 1 aromatic carbocycles. The second kappa shape index (κ2) is 5.32. The zero-order chi connectivity index (χ0) is 13.1. The Kier molecular flexibility index (Phi) is 3.78. The molecule has 1 aliphatic carbocycles. The quantitative estimate of drug-likeness (QED) is 0.457. The minimum Gasteiger partial charge on any atom is -0.318 e. The van der Waals surface area contributed by atoms with Crippen LogP contribution in [0.15, 0.2) is 18.2 Å². The van der Waals surface area contributed by atoms with Crippen LogP contribution in [-0.2, 0) is 6.54 Å². The summed E-state index contributed by atoms with van der Waals surface area (Å²) >= 11 is 0. The minimum absolute atomic E-state index is 0.0295. The Morgan fingerprint density at radius 2 is 2.28 bits per heavy atom. The summed E-state index contributed by atoms with van der Waals surface area (Å²) in [5.41, 5.74) is 3.68. The summed E-state index contributed by atoms with van der Waals surface area (Å²) in [4.78, 5) is 12.9. The van der Waals surface area contributed by atoms with Crippen molar-refractivity contribution in [2.45, 2.75) is 32.4 Å². The first-order valence-electron chi connectivity index (χ1n) is 6.13. The van der Waals surface area contributed by atoms with Crippen LogP contribution in [0.1, 0.15) is 25.3 Å². The van der Waals surface area contributed by atoms with E-state index in [9.17, 15) is 10.1 Å². The van der Waals surface area contributed by atoms with Crippen LogP contribution in [0, 0.1) is 10.1 Å². The van der Waals surface area contributed by atoms with Gasteiger partial charge in [-0.2, -0.15) is 0 Å². The highest BCUT2D eigenvalue weighted by Crippen LogP contribution is 2.30. The predicted molar refractivity (Wildman–Crippen MR) is 70.0 cm³/mol. The SMILES string of the molecule is CCN(Cc1ccc(NN)c([N+](=O)[O-])c1)C1CC1. The maximum atomic E-state index is 10.9. The summed E-state index contributed by atoms with van der Waals surface area (Å²) in [6.45, 7) is 3.84. The van der Waals surface area contributed by atoms with Gasteiger partial charge < -0.3 is 5.43 Å². The van der Waals surface area contributed by atoms with Crippen molar-refractivity contribution in [2.75, 3.05) is 12.0 Å². The molecule has 6 heteroatoms. The number of nitro benzene ring substituents is 1. The molecule has 0 radical (unpaired) electrons. The van der Waals surface area contributed by atoms with E-state index in [1.807, 2.05) is 6.07 Å². The Morgan fingerprint density at radius 3 is 2.78 bits per heavy atom. The van der Waals surface area contributed by atoms with E-state index in [0.717, 1.165) is 18.7 Å². The number of hydrogen-bond donors (Lipinski definition) is 2. The first-order valence-corrected chi connectivity index (χ1v) is 6.13. The van der Waals surface area contributed by atoms with Crippen LogP contribution in [0.5, 0.6) is 0 Å². The molecule has 1 aromatic rings. The summed E-state index contributed by atoms with van der Waals surface area (Å²) in [7, 11) is 0. The second-order valence-electron chi connectivity index (χ2n) is 4.55. The molecular formula is C12H18N4O2. The maximum Gasteiger partial charge on any atom is 0.293 e. The smallest absolute Gasteiger partial charge is 0.293 e. The number of nitrogens with zero attached hydrogens (tertiary/aromatic N) is 2. The number of nitrogens with one attached hydrogen (secondary N) is 1. The van der Waals surface area contributed by atoms with Crippen LogP contribution in [0.25, 0.3) is 0 Å². The molecule has 0 unspecified atom stereocenters. The molecule has 3 N–H and O–H groups in total. The second-order valence-corrected chi connectivity index (χ2v) is 4.55. The van der Waals surface area contributed by atoms with Crippen molar-refractivity contribution in [3.63, 3.8) is 0 Å². The van der Waals surface area contributed by atoms with E-state index in [1.54, 1.807) is 12.1 Å². The lowest BCUT2D eigenvalue weighted by Gasteiger charge is -2.19. The molecule has 1 fully saturated rings. The fraction of sp³-hybridized carbons (Fsp3) is 0.500. The van der Waals surface area contributed by atoms with E-state index >= 15 is 0 Å². The van der Waals surface area contributed by atoms with E-state index in [4.69, 9.17) is 5.84 Å². The van der Waals surface area contributed by atoms with E-state index in [2.05, 4.69) is 17.2 Å². The molecule has 0 heterocycles. The standard InChI is InChI=1S/C12H18N4O2/c1-2-15(10-4-5-10)8-9-3-6-11(14-13)12(7-9)16(17)18/h3,6-7,10,14H,2,4-5,8,13H2,1H3. The van der Waals surface area contributed by atoms with Gasteiger partial charge in [-0.25, -0.2) is 0 Å². The van der Waals surface area contributed by atoms with Crippen molar-refractivity contribution in [1.82, 2.24) is 4.90 Å². The lowest BCUT2D eigenvalue weighted by atomic mass is 10.1. The Bertz CT molecular complexity index is 446. The predicted octanol–water partition coefficient (Wildman–Crippen LogP) is 1.86. The fourth-order valence-electron chi connectivity index (χ4n) is 2.12. The monoisotopic (exact) mass is 250 g/mol. The number of rotatable bonds is 6. The van der Waals surface area contributed by atoms with Crippen molar-refractivity contribution in [2.24, 2.45) is 5.84 Å². The number of nitro groups is 1. The number of nitrogen functional groups attached to an aromatic ring is 1. The summed E-state index contributed by atoms with van der Waals surface area (Å²) in [6, 6.07) is 5.79. The summed E-state index contributed by atoms with van der Waals surface area (Å²) in [6.07, 6.45) is 2.47. The highest BCUT2D eigenvalue weighted by atomic mass is 16.6. The zero-order valence-electron chi connectivity index (χ0n) is 10.4. The third-order valence-electron chi connectivity index (χ3n) is 3.27. The van der Waals surface area contributed by atoms with Gasteiger partial charge in [-0.05, 0) is 31.0 Å². The van der Waals surface area contributed by atoms with E-state index in [0.29, 0.717) is 11.7 Å². The largest absolute Gasteiger partial charge is 0.318 e. The third-order valence-corrected chi connectivity index (χ3v) is 3.27. The molecular weight excluding hydrogens is 232 g/mol. The molecule has 0 spiro atoms. The summed E-state index contributed by atoms with van der Waals surface area (Å²) in [5, 5.41) is 10.9. The van der Waals surface area contributed by atoms with Gasteiger partial charge >= 0.3 is 0 Å². The van der Waals surface area contributed by atoms with Crippen molar-refractivity contribution < 1.29 is 4.92 Å². The van der Waals surface area contributed by atoms with Crippen LogP contribution >= 0.6 is 0 Å².